The first-order valence-corrected chi connectivity index (χ1v) is 8.53. The van der Waals surface area contributed by atoms with Crippen LogP contribution in [0.1, 0.15) is 34.6 Å². The molecule has 14 heavy (non-hydrogen) atoms. The number of aliphatic hydroxyl groups excluding tert-OH is 1. The van der Waals surface area contributed by atoms with Crippen molar-refractivity contribution in [3.63, 3.8) is 0 Å². The average molecular weight is 214 g/mol. The van der Waals surface area contributed by atoms with Crippen LogP contribution in [0, 0.1) is 5.92 Å². The molecule has 1 N–H and O–H groups in total. The van der Waals surface area contributed by atoms with Gasteiger partial charge in [-0.1, -0.05) is 59.9 Å². The number of aliphatic hydroxyl groups is 1. The van der Waals surface area contributed by atoms with Crippen molar-refractivity contribution in [1.82, 2.24) is 0 Å². The molecule has 0 unspecified atom stereocenters. The van der Waals surface area contributed by atoms with Gasteiger partial charge in [0.2, 0.25) is 0 Å². The van der Waals surface area contributed by atoms with E-state index in [4.69, 9.17) is 0 Å². The fourth-order valence-electron chi connectivity index (χ4n) is 1.01. The largest absolute Gasteiger partial charge is 0.393 e. The molecule has 0 amide bonds. The van der Waals surface area contributed by atoms with Gasteiger partial charge in [0.05, 0.1) is 13.8 Å². The minimum absolute atomic E-state index is 0.232. The van der Waals surface area contributed by atoms with E-state index in [0.29, 0.717) is 5.92 Å². The smallest absolute Gasteiger partial charge is 0.0914 e. The molecule has 0 aromatic heterocycles. The van der Waals surface area contributed by atoms with Crippen molar-refractivity contribution in [3.05, 3.63) is 12.2 Å². The average Bonchev–Trinajstić information content (AvgIpc) is 1.97. The van der Waals surface area contributed by atoms with Gasteiger partial charge in [0.15, 0.2) is 0 Å². The van der Waals surface area contributed by atoms with E-state index in [2.05, 4.69) is 53.8 Å². The molecule has 0 heterocycles. The standard InChI is InChI=1S/C12H26OSi/c1-10(2)8-9-11(13)14(6,7)12(3,4)5/h8-11,13H,1-7H3/b9-8+/t11-/m0/s1. The van der Waals surface area contributed by atoms with Gasteiger partial charge in [0.1, 0.15) is 0 Å². The maximum atomic E-state index is 10.1. The number of hydrogen-bond donors (Lipinski definition) is 1. The highest BCUT2D eigenvalue weighted by Gasteiger charge is 2.40. The van der Waals surface area contributed by atoms with Gasteiger partial charge in [-0.2, -0.15) is 0 Å². The maximum absolute atomic E-state index is 10.1. The van der Waals surface area contributed by atoms with E-state index in [-0.39, 0.29) is 10.8 Å². The van der Waals surface area contributed by atoms with E-state index >= 15 is 0 Å². The van der Waals surface area contributed by atoms with Gasteiger partial charge in [-0.05, 0) is 11.0 Å². The Balaban J connectivity index is 4.60. The number of rotatable bonds is 3. The summed E-state index contributed by atoms with van der Waals surface area (Å²) in [7, 11) is -1.61. The van der Waals surface area contributed by atoms with Crippen LogP contribution >= 0.6 is 0 Å². The lowest BCUT2D eigenvalue weighted by Gasteiger charge is -2.39. The van der Waals surface area contributed by atoms with E-state index in [1.165, 1.54) is 0 Å². The molecule has 0 aliphatic carbocycles. The molecule has 0 bridgehead atoms. The normalized spacial score (nSPS) is 16.6. The van der Waals surface area contributed by atoms with Crippen molar-refractivity contribution < 1.29 is 5.11 Å². The second kappa shape index (κ2) is 4.62. The molecule has 0 aliphatic heterocycles. The van der Waals surface area contributed by atoms with Gasteiger partial charge in [-0.3, -0.25) is 0 Å². The molecule has 0 aromatic carbocycles. The third kappa shape index (κ3) is 3.58. The molecular formula is C12H26OSi. The third-order valence-corrected chi connectivity index (χ3v) is 8.89. The Morgan fingerprint density at radius 1 is 1.07 bits per heavy atom. The highest BCUT2D eigenvalue weighted by atomic mass is 28.3. The zero-order valence-electron chi connectivity index (χ0n) is 10.8. The Hall–Kier alpha value is -0.0831. The fourth-order valence-corrected chi connectivity index (χ4v) is 2.49. The predicted octanol–water partition coefficient (Wildman–Crippen LogP) is 3.61. The Morgan fingerprint density at radius 3 is 1.79 bits per heavy atom. The molecule has 0 aromatic rings. The summed E-state index contributed by atoms with van der Waals surface area (Å²) < 4.78 is 0. The summed E-state index contributed by atoms with van der Waals surface area (Å²) in [4.78, 5) is 0. The van der Waals surface area contributed by atoms with Crippen LogP contribution in [0.5, 0.6) is 0 Å². The van der Waals surface area contributed by atoms with Gasteiger partial charge >= 0.3 is 0 Å². The highest BCUT2D eigenvalue weighted by Crippen LogP contribution is 2.38. The molecular weight excluding hydrogens is 188 g/mol. The van der Waals surface area contributed by atoms with Crippen LogP contribution in [0.2, 0.25) is 18.1 Å². The van der Waals surface area contributed by atoms with E-state index < -0.39 is 8.07 Å². The highest BCUT2D eigenvalue weighted by molar-refractivity contribution is 6.81. The zero-order valence-corrected chi connectivity index (χ0v) is 11.8. The van der Waals surface area contributed by atoms with Gasteiger partial charge in [-0.15, -0.1) is 0 Å². The van der Waals surface area contributed by atoms with Gasteiger partial charge < -0.3 is 5.11 Å². The van der Waals surface area contributed by atoms with E-state index in [1.807, 2.05) is 6.08 Å². The van der Waals surface area contributed by atoms with Crippen LogP contribution < -0.4 is 0 Å². The first kappa shape index (κ1) is 13.9. The maximum Gasteiger partial charge on any atom is 0.0914 e. The summed E-state index contributed by atoms with van der Waals surface area (Å²) in [6.07, 6.45) is 4.09. The summed E-state index contributed by atoms with van der Waals surface area (Å²) in [5.41, 5.74) is -0.232. The Labute approximate surface area is 90.2 Å². The van der Waals surface area contributed by atoms with E-state index in [0.717, 1.165) is 0 Å². The quantitative estimate of drug-likeness (QED) is 0.562. The summed E-state index contributed by atoms with van der Waals surface area (Å²) in [6, 6.07) is 0. The number of allylic oxidation sites excluding steroid dienone is 1. The molecule has 0 fully saturated rings. The SMILES string of the molecule is CC(C)/C=C/[C@@H](O)[Si](C)(C)C(C)(C)C. The van der Waals surface area contributed by atoms with E-state index in [1.54, 1.807) is 0 Å². The van der Waals surface area contributed by atoms with Crippen molar-refractivity contribution in [2.24, 2.45) is 5.92 Å². The zero-order chi connectivity index (χ0) is 11.6. The van der Waals surface area contributed by atoms with Gasteiger partial charge in [0, 0.05) is 0 Å². The Bertz CT molecular complexity index is 199. The summed E-state index contributed by atoms with van der Waals surface area (Å²) in [5, 5.41) is 10.4. The van der Waals surface area contributed by atoms with Crippen molar-refractivity contribution >= 4 is 8.07 Å². The molecule has 0 saturated heterocycles. The minimum Gasteiger partial charge on any atom is -0.393 e. The lowest BCUT2D eigenvalue weighted by atomic mass is 10.2. The molecule has 2 heteroatoms. The lowest BCUT2D eigenvalue weighted by Crippen LogP contribution is -2.48. The van der Waals surface area contributed by atoms with Crippen molar-refractivity contribution in [3.8, 4) is 0 Å². The number of hydrogen-bond acceptors (Lipinski definition) is 1. The monoisotopic (exact) mass is 214 g/mol. The van der Waals surface area contributed by atoms with E-state index in [9.17, 15) is 5.11 Å². The van der Waals surface area contributed by atoms with Crippen LogP contribution in [0.15, 0.2) is 12.2 Å². The minimum atomic E-state index is -1.61. The van der Waals surface area contributed by atoms with Crippen LogP contribution in [0.3, 0.4) is 0 Å². The van der Waals surface area contributed by atoms with Crippen LogP contribution in [-0.2, 0) is 0 Å². The fraction of sp³-hybridized carbons (Fsp3) is 0.833. The van der Waals surface area contributed by atoms with Crippen LogP contribution in [0.25, 0.3) is 0 Å². The molecule has 0 radical (unpaired) electrons. The predicted molar refractivity (Wildman–Crippen MR) is 67.2 cm³/mol. The summed E-state index contributed by atoms with van der Waals surface area (Å²) in [6.45, 7) is 15.5. The first-order chi connectivity index (χ1) is 6.09. The Morgan fingerprint density at radius 2 is 1.50 bits per heavy atom. The summed E-state index contributed by atoms with van der Waals surface area (Å²) >= 11 is 0. The molecule has 84 valence electrons. The first-order valence-electron chi connectivity index (χ1n) is 5.45. The third-order valence-electron chi connectivity index (χ3n) is 3.35. The molecule has 0 spiro atoms. The topological polar surface area (TPSA) is 20.2 Å². The Kier molecular flexibility index (Phi) is 4.60. The summed E-state index contributed by atoms with van der Waals surface area (Å²) in [5.74, 6) is 0.523. The van der Waals surface area contributed by atoms with Crippen molar-refractivity contribution in [2.75, 3.05) is 0 Å². The molecule has 1 nitrogen and oxygen atoms in total. The molecule has 0 aliphatic rings. The van der Waals surface area contributed by atoms with Gasteiger partial charge in [0.25, 0.3) is 0 Å². The van der Waals surface area contributed by atoms with Crippen molar-refractivity contribution in [2.45, 2.75) is 58.5 Å². The second-order valence-corrected chi connectivity index (χ2v) is 11.6. The molecule has 0 rings (SSSR count). The van der Waals surface area contributed by atoms with Crippen LogP contribution in [0.4, 0.5) is 0 Å². The van der Waals surface area contributed by atoms with Crippen molar-refractivity contribution in [1.29, 1.82) is 0 Å². The molecule has 0 saturated carbocycles. The molecule has 1 atom stereocenters. The van der Waals surface area contributed by atoms with Crippen LogP contribution in [-0.4, -0.2) is 18.9 Å². The lowest BCUT2D eigenvalue weighted by molar-refractivity contribution is 0.283. The van der Waals surface area contributed by atoms with Gasteiger partial charge in [-0.25, -0.2) is 0 Å². The second-order valence-electron chi connectivity index (χ2n) is 6.05.